The van der Waals surface area contributed by atoms with Crippen LogP contribution >= 0.6 is 0 Å². The van der Waals surface area contributed by atoms with Crippen LogP contribution in [0.4, 0.5) is 0 Å². The van der Waals surface area contributed by atoms with E-state index in [1.54, 1.807) is 0 Å². The monoisotopic (exact) mass is 309 g/mol. The maximum absolute atomic E-state index is 11.8. The number of hydrogen-bond acceptors (Lipinski definition) is 5. The molecular formula is C14H24NNaO5. The molecule has 1 fully saturated rings. The number of aliphatic carboxylic acids is 1. The van der Waals surface area contributed by atoms with Crippen LogP contribution in [0.15, 0.2) is 0 Å². The van der Waals surface area contributed by atoms with E-state index >= 15 is 0 Å². The van der Waals surface area contributed by atoms with Crippen molar-refractivity contribution in [2.45, 2.75) is 52.4 Å². The molecule has 1 aliphatic heterocycles. The molecule has 0 unspecified atom stereocenters. The summed E-state index contributed by atoms with van der Waals surface area (Å²) < 4.78 is 10.3. The Morgan fingerprint density at radius 3 is 2.19 bits per heavy atom. The number of carboxylic acids is 1. The van der Waals surface area contributed by atoms with Crippen LogP contribution in [0.2, 0.25) is 0 Å². The van der Waals surface area contributed by atoms with Crippen LogP contribution in [0.1, 0.15) is 34.1 Å². The second-order valence-electron chi connectivity index (χ2n) is 6.06. The van der Waals surface area contributed by atoms with Crippen molar-refractivity contribution in [1.82, 2.24) is 5.32 Å². The second kappa shape index (κ2) is 9.79. The molecule has 0 aliphatic carbocycles. The molecular weight excluding hydrogens is 285 g/mol. The molecule has 0 aromatic carbocycles. The molecule has 0 saturated carbocycles. The normalized spacial score (nSPS) is 21.8. The Morgan fingerprint density at radius 2 is 1.76 bits per heavy atom. The van der Waals surface area contributed by atoms with Crippen molar-refractivity contribution in [3.05, 3.63) is 0 Å². The van der Waals surface area contributed by atoms with Crippen LogP contribution in [0.25, 0.3) is 0 Å². The Kier molecular flexibility index (Phi) is 9.73. The van der Waals surface area contributed by atoms with E-state index in [-0.39, 0.29) is 35.6 Å². The fourth-order valence-electron chi connectivity index (χ4n) is 1.96. The first kappa shape index (κ1) is 20.9. The molecule has 21 heavy (non-hydrogen) atoms. The van der Waals surface area contributed by atoms with E-state index in [2.05, 4.69) is 33.0 Å². The van der Waals surface area contributed by atoms with Gasteiger partial charge in [-0.2, -0.15) is 0 Å². The summed E-state index contributed by atoms with van der Waals surface area (Å²) in [4.78, 5) is 22.4. The van der Waals surface area contributed by atoms with Crippen molar-refractivity contribution in [2.75, 3.05) is 13.2 Å². The van der Waals surface area contributed by atoms with Gasteiger partial charge in [0.25, 0.3) is 5.91 Å². The zero-order chi connectivity index (χ0) is 15.3. The number of amides is 1. The molecule has 116 valence electrons. The second-order valence-corrected chi connectivity index (χ2v) is 6.06. The summed E-state index contributed by atoms with van der Waals surface area (Å²) in [7, 11) is 0. The standard InChI is InChI=1S/C14H25NO5.Na/c1-8(2)5-10(7-19-6-9(3)4)15-13(16)11-12(20-11)14(17)18;/h8-12H,5-7H2,1-4H3,(H,15,16)(H,17,18);/q;+1/p-1/t10-,11-,12-;/m0./s1. The predicted octanol–water partition coefficient (Wildman–Crippen LogP) is -3.29. The molecule has 0 radical (unpaired) electrons. The minimum atomic E-state index is -1.35. The molecule has 0 aromatic heterocycles. The van der Waals surface area contributed by atoms with Crippen LogP contribution in [0.3, 0.4) is 0 Å². The van der Waals surface area contributed by atoms with Crippen LogP contribution < -0.4 is 40.0 Å². The van der Waals surface area contributed by atoms with Crippen molar-refractivity contribution in [2.24, 2.45) is 11.8 Å². The number of carbonyl (C=O) groups excluding carboxylic acids is 2. The van der Waals surface area contributed by atoms with E-state index in [9.17, 15) is 14.7 Å². The fourth-order valence-corrected chi connectivity index (χ4v) is 1.96. The number of carboxylic acid groups (broad SMARTS) is 1. The third-order valence-electron chi connectivity index (χ3n) is 2.85. The van der Waals surface area contributed by atoms with E-state index in [1.807, 2.05) is 0 Å². The molecule has 1 N–H and O–H groups in total. The summed E-state index contributed by atoms with van der Waals surface area (Å²) in [5, 5.41) is 13.3. The van der Waals surface area contributed by atoms with Gasteiger partial charge >= 0.3 is 29.6 Å². The summed E-state index contributed by atoms with van der Waals surface area (Å²) in [5.74, 6) is -0.917. The van der Waals surface area contributed by atoms with Crippen LogP contribution in [-0.4, -0.2) is 43.3 Å². The Bertz CT molecular complexity index is 348. The molecule has 0 spiro atoms. The van der Waals surface area contributed by atoms with Gasteiger partial charge in [0, 0.05) is 6.61 Å². The molecule has 3 atom stereocenters. The van der Waals surface area contributed by atoms with E-state index in [1.165, 1.54) is 0 Å². The number of hydrogen-bond donors (Lipinski definition) is 1. The van der Waals surface area contributed by atoms with Gasteiger partial charge in [0.1, 0.15) is 6.10 Å². The van der Waals surface area contributed by atoms with Gasteiger partial charge in [0.2, 0.25) is 0 Å². The molecule has 0 bridgehead atoms. The molecule has 7 heteroatoms. The van der Waals surface area contributed by atoms with E-state index < -0.39 is 24.1 Å². The van der Waals surface area contributed by atoms with Gasteiger partial charge < -0.3 is 24.7 Å². The largest absolute Gasteiger partial charge is 1.00 e. The molecule has 1 heterocycles. The number of epoxide rings is 1. The summed E-state index contributed by atoms with van der Waals surface area (Å²) in [6, 6.07) is -0.132. The predicted molar refractivity (Wildman–Crippen MR) is 70.7 cm³/mol. The zero-order valence-electron chi connectivity index (χ0n) is 13.5. The average Bonchev–Trinajstić information content (AvgIpc) is 3.06. The SMILES string of the molecule is CC(C)COC[C@H](CC(C)C)NC(=O)[C@H]1O[C@@H]1C(=O)[O-].[Na+]. The molecule has 1 rings (SSSR count). The van der Waals surface area contributed by atoms with Crippen molar-refractivity contribution < 1.29 is 53.7 Å². The summed E-state index contributed by atoms with van der Waals surface area (Å²) >= 11 is 0. The third kappa shape index (κ3) is 8.16. The molecule has 1 amide bonds. The Labute approximate surface area is 148 Å². The van der Waals surface area contributed by atoms with Crippen molar-refractivity contribution in [3.8, 4) is 0 Å². The Hall–Kier alpha value is -0.140. The Morgan fingerprint density at radius 1 is 1.14 bits per heavy atom. The smallest absolute Gasteiger partial charge is 0.547 e. The number of rotatable bonds is 9. The van der Waals surface area contributed by atoms with Gasteiger partial charge in [0.15, 0.2) is 6.10 Å². The van der Waals surface area contributed by atoms with Gasteiger partial charge in [-0.1, -0.05) is 27.7 Å². The number of ether oxygens (including phenoxy) is 2. The first-order valence-corrected chi connectivity index (χ1v) is 7.05. The summed E-state index contributed by atoms with van der Waals surface area (Å²) in [6.45, 7) is 9.27. The molecule has 6 nitrogen and oxygen atoms in total. The maximum atomic E-state index is 11.8. The summed E-state index contributed by atoms with van der Waals surface area (Å²) in [6.07, 6.45) is -1.25. The van der Waals surface area contributed by atoms with Gasteiger partial charge in [-0.3, -0.25) is 4.79 Å². The van der Waals surface area contributed by atoms with Gasteiger partial charge in [0.05, 0.1) is 18.6 Å². The van der Waals surface area contributed by atoms with Crippen LogP contribution in [-0.2, 0) is 19.1 Å². The molecule has 1 aliphatic rings. The third-order valence-corrected chi connectivity index (χ3v) is 2.85. The van der Waals surface area contributed by atoms with E-state index in [0.29, 0.717) is 25.0 Å². The van der Waals surface area contributed by atoms with Crippen molar-refractivity contribution in [1.29, 1.82) is 0 Å². The molecule has 1 saturated heterocycles. The van der Waals surface area contributed by atoms with Gasteiger partial charge in [-0.25, -0.2) is 0 Å². The van der Waals surface area contributed by atoms with Crippen LogP contribution in [0, 0.1) is 11.8 Å². The van der Waals surface area contributed by atoms with Crippen LogP contribution in [0.5, 0.6) is 0 Å². The maximum Gasteiger partial charge on any atom is 1.00 e. The minimum absolute atomic E-state index is 0. The molecule has 0 aromatic rings. The first-order chi connectivity index (χ1) is 9.31. The van der Waals surface area contributed by atoms with Gasteiger partial charge in [-0.05, 0) is 18.3 Å². The Balaban J connectivity index is 0.00000400. The van der Waals surface area contributed by atoms with Crippen molar-refractivity contribution >= 4 is 11.9 Å². The number of carbonyl (C=O) groups is 2. The number of nitrogens with one attached hydrogen (secondary N) is 1. The first-order valence-electron chi connectivity index (χ1n) is 7.05. The zero-order valence-corrected chi connectivity index (χ0v) is 15.5. The van der Waals surface area contributed by atoms with E-state index in [0.717, 1.165) is 6.42 Å². The summed E-state index contributed by atoms with van der Waals surface area (Å²) in [5.41, 5.74) is 0. The van der Waals surface area contributed by atoms with E-state index in [4.69, 9.17) is 9.47 Å². The van der Waals surface area contributed by atoms with Crippen molar-refractivity contribution in [3.63, 3.8) is 0 Å². The quantitative estimate of drug-likeness (QED) is 0.356. The van der Waals surface area contributed by atoms with Gasteiger partial charge in [-0.15, -0.1) is 0 Å². The minimum Gasteiger partial charge on any atom is -0.547 e. The fraction of sp³-hybridized carbons (Fsp3) is 0.857. The topological polar surface area (TPSA) is 91.0 Å². The average molecular weight is 309 g/mol.